The smallest absolute Gasteiger partial charge is 0.258 e. The molecule has 0 saturated heterocycles. The number of nitro groups is 1. The molecule has 24 heavy (non-hydrogen) atoms. The third kappa shape index (κ3) is 4.63. The number of aromatic nitrogens is 1. The lowest BCUT2D eigenvalue weighted by atomic mass is 9.96. The van der Waals surface area contributed by atoms with Crippen LogP contribution in [0.3, 0.4) is 0 Å². The number of benzene rings is 1. The second-order valence-corrected chi connectivity index (χ2v) is 6.19. The molecule has 0 aliphatic rings. The van der Waals surface area contributed by atoms with Crippen molar-refractivity contribution in [2.45, 2.75) is 58.8 Å². The molecule has 2 rings (SSSR count). The molecule has 1 aromatic carbocycles. The Hall–Kier alpha value is -2.23. The number of unbranched alkanes of at least 4 members (excludes halogenated alkanes) is 3. The highest BCUT2D eigenvalue weighted by molar-refractivity contribution is 5.90. The van der Waals surface area contributed by atoms with Gasteiger partial charge in [-0.05, 0) is 49.4 Å². The van der Waals surface area contributed by atoms with E-state index in [0.717, 1.165) is 30.3 Å². The van der Waals surface area contributed by atoms with Crippen LogP contribution in [0, 0.1) is 10.1 Å². The van der Waals surface area contributed by atoms with Crippen LogP contribution in [0.15, 0.2) is 42.1 Å². The molecule has 0 amide bonds. The number of hydrogen-bond donors (Lipinski definition) is 0. The van der Waals surface area contributed by atoms with Gasteiger partial charge in [0.05, 0.1) is 15.8 Å². The number of hydrogen-bond acceptors (Lipinski definition) is 3. The summed E-state index contributed by atoms with van der Waals surface area (Å²) in [4.78, 5) is 15.3. The van der Waals surface area contributed by atoms with E-state index in [1.165, 1.54) is 31.3 Å². The van der Waals surface area contributed by atoms with Gasteiger partial charge < -0.3 is 0 Å². The molecule has 0 saturated carbocycles. The maximum Gasteiger partial charge on any atom is 0.278 e. The number of fused-ring (bicyclic) bond motifs is 1. The Balaban J connectivity index is 2.34. The number of nitro benzene ring substituents is 1. The van der Waals surface area contributed by atoms with E-state index in [1.54, 1.807) is 24.4 Å². The summed E-state index contributed by atoms with van der Waals surface area (Å²) in [6.45, 7) is 4.40. The molecule has 1 heterocycles. The summed E-state index contributed by atoms with van der Waals surface area (Å²) < 4.78 is 0. The minimum absolute atomic E-state index is 0.131. The third-order valence-corrected chi connectivity index (χ3v) is 4.29. The summed E-state index contributed by atoms with van der Waals surface area (Å²) in [6.07, 6.45) is 11.8. The zero-order valence-corrected chi connectivity index (χ0v) is 14.6. The molecule has 2 aromatic rings. The van der Waals surface area contributed by atoms with Crippen LogP contribution in [0.4, 0.5) is 5.69 Å². The average molecular weight is 326 g/mol. The number of rotatable bonds is 9. The van der Waals surface area contributed by atoms with Crippen LogP contribution in [0.5, 0.6) is 0 Å². The molecule has 1 aromatic heterocycles. The summed E-state index contributed by atoms with van der Waals surface area (Å²) in [5, 5.41) is 11.9. The van der Waals surface area contributed by atoms with Crippen LogP contribution in [-0.2, 0) is 6.42 Å². The van der Waals surface area contributed by atoms with Crippen molar-refractivity contribution >= 4 is 16.6 Å². The quantitative estimate of drug-likeness (QED) is 0.246. The molecule has 4 nitrogen and oxygen atoms in total. The van der Waals surface area contributed by atoms with Crippen LogP contribution in [0.1, 0.15) is 57.9 Å². The predicted molar refractivity (Wildman–Crippen MR) is 99.2 cm³/mol. The zero-order valence-electron chi connectivity index (χ0n) is 14.6. The lowest BCUT2D eigenvalue weighted by Gasteiger charge is -2.10. The van der Waals surface area contributed by atoms with Gasteiger partial charge in [-0.1, -0.05) is 44.8 Å². The van der Waals surface area contributed by atoms with Gasteiger partial charge in [-0.2, -0.15) is 0 Å². The fourth-order valence-electron chi connectivity index (χ4n) is 2.94. The lowest BCUT2D eigenvalue weighted by Crippen LogP contribution is -1.97. The predicted octanol–water partition coefficient (Wildman–Crippen LogP) is 5.99. The van der Waals surface area contributed by atoms with Gasteiger partial charge in [0.2, 0.25) is 0 Å². The molecule has 0 fully saturated rings. The molecular weight excluding hydrogens is 300 g/mol. The van der Waals surface area contributed by atoms with Crippen LogP contribution >= 0.6 is 0 Å². The normalized spacial score (nSPS) is 11.8. The van der Waals surface area contributed by atoms with E-state index in [1.807, 2.05) is 6.07 Å². The van der Waals surface area contributed by atoms with Crippen LogP contribution in [0.25, 0.3) is 10.9 Å². The van der Waals surface area contributed by atoms with Crippen molar-refractivity contribution in [3.63, 3.8) is 0 Å². The van der Waals surface area contributed by atoms with Crippen molar-refractivity contribution < 1.29 is 4.92 Å². The summed E-state index contributed by atoms with van der Waals surface area (Å²) in [5.74, 6) is 0. The first kappa shape index (κ1) is 18.1. The van der Waals surface area contributed by atoms with Crippen molar-refractivity contribution in [3.05, 3.63) is 57.8 Å². The summed E-state index contributed by atoms with van der Waals surface area (Å²) in [6, 6.07) is 7.03. The second kappa shape index (κ2) is 9.16. The minimum Gasteiger partial charge on any atom is -0.258 e. The van der Waals surface area contributed by atoms with Crippen LogP contribution < -0.4 is 0 Å². The molecule has 0 aliphatic carbocycles. The lowest BCUT2D eigenvalue weighted by molar-refractivity contribution is -0.383. The highest BCUT2D eigenvalue weighted by Crippen LogP contribution is 2.29. The fraction of sp³-hybridized carbons (Fsp3) is 0.450. The summed E-state index contributed by atoms with van der Waals surface area (Å²) >= 11 is 0. The van der Waals surface area contributed by atoms with Crippen molar-refractivity contribution in [1.29, 1.82) is 0 Å². The summed E-state index contributed by atoms with van der Waals surface area (Å²) in [5.41, 5.74) is 3.39. The van der Waals surface area contributed by atoms with Gasteiger partial charge in [0.15, 0.2) is 0 Å². The molecule has 0 aliphatic heterocycles. The molecule has 0 unspecified atom stereocenters. The molecule has 128 valence electrons. The Kier molecular flexibility index (Phi) is 6.91. The average Bonchev–Trinajstić information content (AvgIpc) is 2.59. The highest BCUT2D eigenvalue weighted by atomic mass is 16.6. The van der Waals surface area contributed by atoms with E-state index in [-0.39, 0.29) is 10.6 Å². The number of allylic oxidation sites excluding steroid dienone is 2. The maximum absolute atomic E-state index is 11.2. The van der Waals surface area contributed by atoms with E-state index in [2.05, 4.69) is 24.9 Å². The topological polar surface area (TPSA) is 56.0 Å². The zero-order chi connectivity index (χ0) is 17.4. The highest BCUT2D eigenvalue weighted by Gasteiger charge is 2.15. The SMILES string of the molecule is CCCC/C=C(\CCCC)Cc1ccc([N+](=O)[O-])c2cccnc12. The van der Waals surface area contributed by atoms with Crippen molar-refractivity contribution in [2.24, 2.45) is 0 Å². The Bertz CT molecular complexity index is 723. The standard InChI is InChI=1S/C20H26N2O2/c1-3-5-7-10-16(9-6-4-2)15-17-12-13-19(22(23)24)18-11-8-14-21-20(17)18/h8,10-14H,3-7,9,15H2,1-2H3/b16-10+. The Morgan fingerprint density at radius 3 is 2.71 bits per heavy atom. The van der Waals surface area contributed by atoms with E-state index < -0.39 is 0 Å². The molecule has 0 spiro atoms. The van der Waals surface area contributed by atoms with Gasteiger partial charge in [-0.15, -0.1) is 0 Å². The van der Waals surface area contributed by atoms with E-state index in [0.29, 0.717) is 5.39 Å². The minimum atomic E-state index is -0.330. The maximum atomic E-state index is 11.2. The van der Waals surface area contributed by atoms with Gasteiger partial charge in [-0.3, -0.25) is 15.1 Å². The third-order valence-electron chi connectivity index (χ3n) is 4.29. The largest absolute Gasteiger partial charge is 0.278 e. The number of nitrogens with zero attached hydrogens (tertiary/aromatic N) is 2. The number of pyridine rings is 1. The first-order valence-electron chi connectivity index (χ1n) is 8.86. The van der Waals surface area contributed by atoms with E-state index in [9.17, 15) is 10.1 Å². The van der Waals surface area contributed by atoms with Gasteiger partial charge in [0, 0.05) is 12.3 Å². The Morgan fingerprint density at radius 1 is 1.21 bits per heavy atom. The first-order valence-corrected chi connectivity index (χ1v) is 8.86. The second-order valence-electron chi connectivity index (χ2n) is 6.19. The van der Waals surface area contributed by atoms with Gasteiger partial charge in [-0.25, -0.2) is 0 Å². The molecule has 0 bridgehead atoms. The molecule has 0 N–H and O–H groups in total. The van der Waals surface area contributed by atoms with Crippen molar-refractivity contribution in [2.75, 3.05) is 0 Å². The van der Waals surface area contributed by atoms with E-state index >= 15 is 0 Å². The Labute approximate surface area is 143 Å². The monoisotopic (exact) mass is 326 g/mol. The summed E-state index contributed by atoms with van der Waals surface area (Å²) in [7, 11) is 0. The molecule has 0 radical (unpaired) electrons. The van der Waals surface area contributed by atoms with Gasteiger partial charge in [0.1, 0.15) is 0 Å². The van der Waals surface area contributed by atoms with Gasteiger partial charge in [0.25, 0.3) is 5.69 Å². The number of non-ortho nitro benzene ring substituents is 1. The van der Waals surface area contributed by atoms with Gasteiger partial charge >= 0.3 is 0 Å². The van der Waals surface area contributed by atoms with Crippen LogP contribution in [0.2, 0.25) is 0 Å². The Morgan fingerprint density at radius 2 is 2.00 bits per heavy atom. The fourth-order valence-corrected chi connectivity index (χ4v) is 2.94. The van der Waals surface area contributed by atoms with Crippen LogP contribution in [-0.4, -0.2) is 9.91 Å². The van der Waals surface area contributed by atoms with Crippen molar-refractivity contribution in [3.8, 4) is 0 Å². The molecule has 0 atom stereocenters. The first-order chi connectivity index (χ1) is 11.7. The molecular formula is C20H26N2O2. The van der Waals surface area contributed by atoms with E-state index in [4.69, 9.17) is 0 Å². The molecule has 4 heteroatoms. The van der Waals surface area contributed by atoms with Crippen molar-refractivity contribution in [1.82, 2.24) is 4.98 Å².